The summed E-state index contributed by atoms with van der Waals surface area (Å²) in [6, 6.07) is 7.76. The summed E-state index contributed by atoms with van der Waals surface area (Å²) >= 11 is 5.98. The molecule has 3 rings (SSSR count). The number of anilines is 1. The zero-order chi connectivity index (χ0) is 12.5. The number of halogens is 1. The average Bonchev–Trinajstić information content (AvgIpc) is 2.82. The fraction of sp³-hybridized carbons (Fsp3) is 0.333. The fourth-order valence-corrected chi connectivity index (χ4v) is 2.33. The van der Waals surface area contributed by atoms with Crippen molar-refractivity contribution < 1.29 is 0 Å². The molecule has 0 saturated heterocycles. The Morgan fingerprint density at radius 3 is 3.17 bits per heavy atom. The highest BCUT2D eigenvalue weighted by molar-refractivity contribution is 6.30. The van der Waals surface area contributed by atoms with Crippen LogP contribution in [0.4, 0.5) is 5.95 Å². The molecule has 2 heterocycles. The van der Waals surface area contributed by atoms with Gasteiger partial charge in [0.2, 0.25) is 5.95 Å². The van der Waals surface area contributed by atoms with E-state index in [4.69, 9.17) is 17.3 Å². The summed E-state index contributed by atoms with van der Waals surface area (Å²) in [4.78, 5) is 4.49. The smallest absolute Gasteiger partial charge is 0.222 e. The molecule has 0 saturated carbocycles. The van der Waals surface area contributed by atoms with Crippen LogP contribution in [0.2, 0.25) is 5.02 Å². The van der Waals surface area contributed by atoms with Crippen molar-refractivity contribution in [3.05, 3.63) is 29.3 Å². The molecule has 1 aliphatic rings. The molecule has 0 radical (unpaired) electrons. The van der Waals surface area contributed by atoms with E-state index >= 15 is 0 Å². The Labute approximate surface area is 110 Å². The third-order valence-corrected chi connectivity index (χ3v) is 3.33. The van der Waals surface area contributed by atoms with Crippen LogP contribution in [0, 0.1) is 0 Å². The normalized spacial score (nSPS) is 18.2. The molecule has 1 atom stereocenters. The molecule has 1 unspecified atom stereocenters. The number of nitrogens with two attached hydrogens (primary N) is 1. The van der Waals surface area contributed by atoms with Crippen molar-refractivity contribution in [2.45, 2.75) is 12.5 Å². The van der Waals surface area contributed by atoms with Crippen LogP contribution in [0.5, 0.6) is 0 Å². The van der Waals surface area contributed by atoms with Gasteiger partial charge in [-0.3, -0.25) is 0 Å². The summed E-state index contributed by atoms with van der Waals surface area (Å²) in [5, 5.41) is 8.44. The highest BCUT2D eigenvalue weighted by Crippen LogP contribution is 2.26. The van der Waals surface area contributed by atoms with Gasteiger partial charge in [0, 0.05) is 23.7 Å². The quantitative estimate of drug-likeness (QED) is 0.869. The van der Waals surface area contributed by atoms with E-state index in [1.165, 1.54) is 0 Å². The molecule has 1 aromatic heterocycles. The Morgan fingerprint density at radius 2 is 2.39 bits per heavy atom. The number of aromatic nitrogens is 3. The Morgan fingerprint density at radius 1 is 1.50 bits per heavy atom. The first kappa shape index (κ1) is 11.5. The van der Waals surface area contributed by atoms with Crippen LogP contribution in [0.3, 0.4) is 0 Å². The van der Waals surface area contributed by atoms with Crippen LogP contribution < -0.4 is 11.1 Å². The van der Waals surface area contributed by atoms with E-state index < -0.39 is 0 Å². The van der Waals surface area contributed by atoms with Gasteiger partial charge >= 0.3 is 0 Å². The lowest BCUT2D eigenvalue weighted by molar-refractivity contribution is 0.427. The minimum atomic E-state index is 0.224. The van der Waals surface area contributed by atoms with Crippen LogP contribution in [-0.2, 0) is 0 Å². The molecule has 94 valence electrons. The monoisotopic (exact) mass is 263 g/mol. The first-order valence-corrected chi connectivity index (χ1v) is 6.32. The number of nitrogens with zero attached hydrogens (tertiary/aromatic N) is 3. The minimum absolute atomic E-state index is 0.224. The van der Waals surface area contributed by atoms with Crippen molar-refractivity contribution >= 4 is 17.5 Å². The first-order chi connectivity index (χ1) is 8.78. The van der Waals surface area contributed by atoms with Crippen LogP contribution in [0.15, 0.2) is 24.3 Å². The largest absolute Gasteiger partial charge is 0.354 e. The molecule has 1 aliphatic heterocycles. The molecule has 1 aromatic carbocycles. The van der Waals surface area contributed by atoms with E-state index in [0.29, 0.717) is 17.4 Å². The van der Waals surface area contributed by atoms with Crippen molar-refractivity contribution in [1.82, 2.24) is 14.8 Å². The number of rotatable bonds is 2. The fourth-order valence-electron chi connectivity index (χ4n) is 2.14. The van der Waals surface area contributed by atoms with Gasteiger partial charge in [0.05, 0.1) is 6.04 Å². The lowest BCUT2D eigenvalue weighted by Crippen LogP contribution is -2.29. The number of hydrogen-bond acceptors (Lipinski definition) is 4. The second-order valence-corrected chi connectivity index (χ2v) is 4.76. The molecule has 0 fully saturated rings. The van der Waals surface area contributed by atoms with Crippen LogP contribution in [0.25, 0.3) is 11.4 Å². The van der Waals surface area contributed by atoms with Gasteiger partial charge in [-0.2, -0.15) is 4.98 Å². The molecule has 0 bridgehead atoms. The third kappa shape index (κ3) is 1.95. The lowest BCUT2D eigenvalue weighted by Gasteiger charge is -2.22. The molecule has 0 amide bonds. The van der Waals surface area contributed by atoms with Crippen molar-refractivity contribution in [2.75, 3.05) is 18.4 Å². The van der Waals surface area contributed by atoms with E-state index in [2.05, 4.69) is 15.4 Å². The zero-order valence-corrected chi connectivity index (χ0v) is 10.6. The Hall–Kier alpha value is -1.59. The maximum atomic E-state index is 5.98. The van der Waals surface area contributed by atoms with Gasteiger partial charge in [0.25, 0.3) is 0 Å². The Bertz CT molecular complexity index is 565. The summed E-state index contributed by atoms with van der Waals surface area (Å²) in [6.07, 6.45) is 0.974. The average molecular weight is 264 g/mol. The summed E-state index contributed by atoms with van der Waals surface area (Å²) in [7, 11) is 0. The van der Waals surface area contributed by atoms with Gasteiger partial charge in [-0.1, -0.05) is 23.7 Å². The minimum Gasteiger partial charge on any atom is -0.354 e. The van der Waals surface area contributed by atoms with Crippen LogP contribution in [-0.4, -0.2) is 27.9 Å². The number of fused-ring (bicyclic) bond motifs is 1. The summed E-state index contributed by atoms with van der Waals surface area (Å²) in [5.74, 6) is 1.46. The first-order valence-electron chi connectivity index (χ1n) is 5.94. The molecule has 0 spiro atoms. The molecule has 0 aliphatic carbocycles. The maximum Gasteiger partial charge on any atom is 0.222 e. The van der Waals surface area contributed by atoms with Crippen LogP contribution in [0.1, 0.15) is 12.5 Å². The van der Waals surface area contributed by atoms with Crippen molar-refractivity contribution in [2.24, 2.45) is 5.73 Å². The number of benzene rings is 1. The highest BCUT2D eigenvalue weighted by Gasteiger charge is 2.22. The van der Waals surface area contributed by atoms with Crippen molar-refractivity contribution in [3.63, 3.8) is 0 Å². The van der Waals surface area contributed by atoms with Gasteiger partial charge in [-0.15, -0.1) is 5.10 Å². The second-order valence-electron chi connectivity index (χ2n) is 4.32. The van der Waals surface area contributed by atoms with Gasteiger partial charge in [0.15, 0.2) is 5.82 Å². The van der Waals surface area contributed by atoms with Gasteiger partial charge in [0.1, 0.15) is 0 Å². The zero-order valence-electron chi connectivity index (χ0n) is 9.81. The lowest BCUT2D eigenvalue weighted by atomic mass is 10.2. The topological polar surface area (TPSA) is 68.8 Å². The molecular formula is C12H14ClN5. The molecular weight excluding hydrogens is 250 g/mol. The van der Waals surface area contributed by atoms with Gasteiger partial charge in [-0.25, -0.2) is 4.68 Å². The van der Waals surface area contributed by atoms with E-state index in [1.807, 2.05) is 28.9 Å². The van der Waals surface area contributed by atoms with Gasteiger partial charge in [-0.05, 0) is 18.6 Å². The summed E-state index contributed by atoms with van der Waals surface area (Å²) in [5.41, 5.74) is 6.67. The predicted octanol–water partition coefficient (Wildman–Crippen LogP) is 1.91. The maximum absolute atomic E-state index is 5.98. The van der Waals surface area contributed by atoms with E-state index in [-0.39, 0.29) is 6.04 Å². The Kier molecular flexibility index (Phi) is 2.93. The molecule has 5 nitrogen and oxygen atoms in total. The molecule has 3 N–H and O–H groups in total. The molecule has 18 heavy (non-hydrogen) atoms. The standard InChI is InChI=1S/C12H14ClN5/c13-9-3-1-2-8(6-9)11-16-12-15-5-4-10(7-14)18(12)17-11/h1-3,6,10H,4-5,7,14H2,(H,15,16,17). The SMILES string of the molecule is NCC1CCNc2nc(-c3cccc(Cl)c3)nn21. The predicted molar refractivity (Wildman–Crippen MR) is 71.7 cm³/mol. The second kappa shape index (κ2) is 4.59. The Balaban J connectivity index is 2.02. The third-order valence-electron chi connectivity index (χ3n) is 3.09. The van der Waals surface area contributed by atoms with E-state index in [1.54, 1.807) is 0 Å². The molecule has 2 aromatic rings. The van der Waals surface area contributed by atoms with Crippen molar-refractivity contribution in [3.8, 4) is 11.4 Å². The summed E-state index contributed by atoms with van der Waals surface area (Å²) < 4.78 is 1.87. The highest BCUT2D eigenvalue weighted by atomic mass is 35.5. The van der Waals surface area contributed by atoms with Gasteiger partial charge < -0.3 is 11.1 Å². The number of hydrogen-bond donors (Lipinski definition) is 2. The van der Waals surface area contributed by atoms with E-state index in [9.17, 15) is 0 Å². The summed E-state index contributed by atoms with van der Waals surface area (Å²) in [6.45, 7) is 1.46. The number of nitrogens with one attached hydrogen (secondary N) is 1. The van der Waals surface area contributed by atoms with Crippen molar-refractivity contribution in [1.29, 1.82) is 0 Å². The van der Waals surface area contributed by atoms with Crippen LogP contribution >= 0.6 is 11.6 Å². The molecule has 6 heteroatoms. The van der Waals surface area contributed by atoms with E-state index in [0.717, 1.165) is 24.5 Å².